The quantitative estimate of drug-likeness (QED) is 0.0471. The maximum atomic E-state index is 15.0. The van der Waals surface area contributed by atoms with Gasteiger partial charge in [-0.05, 0) is 72.4 Å². The van der Waals surface area contributed by atoms with Crippen molar-refractivity contribution in [2.24, 2.45) is 5.41 Å². The van der Waals surface area contributed by atoms with Crippen LogP contribution in [0.1, 0.15) is 99.0 Å². The van der Waals surface area contributed by atoms with Crippen LogP contribution >= 0.6 is 11.3 Å². The highest BCUT2D eigenvalue weighted by Crippen LogP contribution is 2.44. The molecule has 3 aromatic heterocycles. The van der Waals surface area contributed by atoms with E-state index in [0.717, 1.165) is 57.8 Å². The minimum Gasteiger partial charge on any atom is -0.391 e. The Bertz CT molecular complexity index is 3090. The van der Waals surface area contributed by atoms with Crippen LogP contribution in [0.25, 0.3) is 21.6 Å². The zero-order valence-corrected chi connectivity index (χ0v) is 49.3. The van der Waals surface area contributed by atoms with Crippen LogP contribution in [0.4, 0.5) is 25.1 Å². The number of amides is 6. The van der Waals surface area contributed by atoms with Crippen molar-refractivity contribution in [2.75, 3.05) is 91.0 Å². The first-order chi connectivity index (χ1) is 40.5. The number of hydrogen-bond acceptors (Lipinski definition) is 15. The van der Waals surface area contributed by atoms with Gasteiger partial charge < -0.3 is 60.0 Å². The summed E-state index contributed by atoms with van der Waals surface area (Å²) >= 11 is 1.56. The average Bonchev–Trinajstić information content (AvgIpc) is 2.49. The number of aromatic nitrogens is 5. The molecule has 6 amide bonds. The molecule has 0 radical (unpaired) electrons. The van der Waals surface area contributed by atoms with Crippen molar-refractivity contribution < 1.29 is 56.8 Å². The molecule has 2 fully saturated rings. The number of aliphatic hydroxyl groups is 1. The van der Waals surface area contributed by atoms with Crippen LogP contribution in [0.2, 0.25) is 0 Å². The van der Waals surface area contributed by atoms with Crippen LogP contribution in [0, 0.1) is 12.3 Å². The Hall–Kier alpha value is -6.90. The van der Waals surface area contributed by atoms with Crippen molar-refractivity contribution >= 4 is 52.5 Å². The zero-order valence-electron chi connectivity index (χ0n) is 48.5. The van der Waals surface area contributed by atoms with Crippen molar-refractivity contribution in [3.05, 3.63) is 87.9 Å². The topological polar surface area (TPSA) is 249 Å². The summed E-state index contributed by atoms with van der Waals surface area (Å²) in [6.45, 7) is 11.8. The third kappa shape index (κ3) is 15.1. The summed E-state index contributed by atoms with van der Waals surface area (Å²) in [6.07, 6.45) is 3.19. The SMILES string of the molecule is CNC(=O)N1CCc2c(c(N3CCCc4cc(-c5cnn(CC(=O)NCCOCCOCCOCCC(=O)N[C@H](C(=O)N6C[C@H](O)C[C@H]6C(=O)NCc6ccc(-c7scnc7C)cc6)C(C)(C)C)c5)c(C(F)F)cc43)nn2C2CCOCC2)C1. The van der Waals surface area contributed by atoms with Gasteiger partial charge in [-0.3, -0.25) is 28.5 Å². The molecule has 7 heterocycles. The highest BCUT2D eigenvalue weighted by molar-refractivity contribution is 7.13. The number of aliphatic hydroxyl groups excluding tert-OH is 1. The van der Waals surface area contributed by atoms with Gasteiger partial charge in [0, 0.05) is 107 Å². The van der Waals surface area contributed by atoms with Crippen LogP contribution in [0.15, 0.2) is 54.3 Å². The fourth-order valence-corrected chi connectivity index (χ4v) is 12.1. The number of likely N-dealkylation sites (tertiary alicyclic amines) is 1. The van der Waals surface area contributed by atoms with E-state index >= 15 is 8.78 Å². The number of halogens is 2. The molecule has 0 bridgehead atoms. The number of β-amino-alcohol motifs (C(OH)–C–C–N with tert-alkyl or cyclic N) is 1. The number of alkyl halides is 2. The molecule has 9 rings (SSSR count). The number of aryl methyl sites for hydroxylation is 2. The molecule has 22 nitrogen and oxygen atoms in total. The molecule has 2 saturated heterocycles. The molecule has 0 spiro atoms. The Labute approximate surface area is 491 Å². The number of nitrogens with zero attached hydrogens (tertiary/aromatic N) is 8. The highest BCUT2D eigenvalue weighted by atomic mass is 32.1. The van der Waals surface area contributed by atoms with Crippen molar-refractivity contribution in [3.63, 3.8) is 0 Å². The van der Waals surface area contributed by atoms with E-state index in [1.54, 1.807) is 41.1 Å². The Balaban J connectivity index is 0.667. The number of urea groups is 1. The minimum atomic E-state index is -2.80. The summed E-state index contributed by atoms with van der Waals surface area (Å²) in [7, 11) is 1.61. The molecule has 84 heavy (non-hydrogen) atoms. The number of rotatable bonds is 24. The molecular weight excluding hydrogens is 1110 g/mol. The highest BCUT2D eigenvalue weighted by Gasteiger charge is 2.45. The maximum absolute atomic E-state index is 15.0. The van der Waals surface area contributed by atoms with Gasteiger partial charge in [-0.2, -0.15) is 10.2 Å². The lowest BCUT2D eigenvalue weighted by atomic mass is 9.85. The summed E-state index contributed by atoms with van der Waals surface area (Å²) < 4.78 is 56.1. The standard InChI is InChI=1S/C59H78F2N12O10S/c1-37-52(84-36-65-37)39-10-8-38(9-11-39)30-64-56(77)49-28-43(74)33-72(49)57(78)53(59(2,3)4)67-50(75)15-21-81-23-25-83-26-24-82-22-16-63-51(76)35-70-32-41(31-66-70)44-27-40-7-6-17-71(48(40)29-45(44)54(60)61)55-46-34-69(58(79)62-5)18-12-47(46)73(68-55)42-13-19-80-20-14-42/h8-11,27,29,31-32,36,42-43,49,53-54,74H,6-7,12-26,28,30,33-35H2,1-5H3,(H,62,79)(H,63,76)(H,64,77)(H,67,75)/t43-,49+,53-/m1/s1. The summed E-state index contributed by atoms with van der Waals surface area (Å²) in [6, 6.07) is 9.30. The lowest BCUT2D eigenvalue weighted by molar-refractivity contribution is -0.144. The van der Waals surface area contributed by atoms with Crippen LogP contribution in [-0.4, -0.2) is 173 Å². The molecule has 2 aromatic carbocycles. The fourth-order valence-electron chi connectivity index (χ4n) is 11.3. The molecular formula is C59H78F2N12O10S. The first kappa shape index (κ1) is 61.7. The van der Waals surface area contributed by atoms with Gasteiger partial charge in [-0.15, -0.1) is 11.3 Å². The lowest BCUT2D eigenvalue weighted by Gasteiger charge is -2.35. The fraction of sp³-hybridized carbons (Fsp3) is 0.559. The third-order valence-electron chi connectivity index (χ3n) is 15.7. The smallest absolute Gasteiger partial charge is 0.317 e. The minimum absolute atomic E-state index is 0.0189. The van der Waals surface area contributed by atoms with E-state index in [-0.39, 0.29) is 108 Å². The molecule has 0 saturated carbocycles. The summed E-state index contributed by atoms with van der Waals surface area (Å²) in [5.41, 5.74) is 8.20. The average molecular weight is 1190 g/mol. The summed E-state index contributed by atoms with van der Waals surface area (Å²) in [5, 5.41) is 31.4. The number of nitrogens with one attached hydrogen (secondary N) is 4. The van der Waals surface area contributed by atoms with Crippen LogP contribution in [-0.2, 0) is 70.6 Å². The Morgan fingerprint density at radius 1 is 0.917 bits per heavy atom. The van der Waals surface area contributed by atoms with Crippen LogP contribution in [0.3, 0.4) is 0 Å². The molecule has 0 aliphatic carbocycles. The van der Waals surface area contributed by atoms with Crippen molar-refractivity contribution in [3.8, 4) is 21.6 Å². The van der Waals surface area contributed by atoms with E-state index in [1.165, 1.54) is 15.8 Å². The molecule has 25 heteroatoms. The number of ether oxygens (including phenoxy) is 4. The number of hydrogen-bond donors (Lipinski definition) is 5. The van der Waals surface area contributed by atoms with Gasteiger partial charge in [0.25, 0.3) is 6.43 Å². The van der Waals surface area contributed by atoms with Gasteiger partial charge in [-0.25, -0.2) is 18.6 Å². The second-order valence-corrected chi connectivity index (χ2v) is 23.6. The molecule has 5 aromatic rings. The molecule has 4 aliphatic heterocycles. The molecule has 3 atom stereocenters. The third-order valence-corrected chi connectivity index (χ3v) is 16.7. The zero-order chi connectivity index (χ0) is 59.5. The number of anilines is 2. The van der Waals surface area contributed by atoms with Gasteiger partial charge in [0.2, 0.25) is 23.6 Å². The van der Waals surface area contributed by atoms with Crippen LogP contribution < -0.4 is 26.2 Å². The first-order valence-corrected chi connectivity index (χ1v) is 29.8. The molecule has 0 unspecified atom stereocenters. The van der Waals surface area contributed by atoms with E-state index < -0.39 is 41.8 Å². The van der Waals surface area contributed by atoms with Crippen LogP contribution in [0.5, 0.6) is 0 Å². The van der Waals surface area contributed by atoms with E-state index in [9.17, 15) is 29.1 Å². The van der Waals surface area contributed by atoms with Gasteiger partial charge >= 0.3 is 6.03 Å². The van der Waals surface area contributed by atoms with Gasteiger partial charge in [0.1, 0.15) is 18.6 Å². The van der Waals surface area contributed by atoms with Gasteiger partial charge in [-0.1, -0.05) is 45.0 Å². The second-order valence-electron chi connectivity index (χ2n) is 22.7. The normalized spacial score (nSPS) is 17.7. The van der Waals surface area contributed by atoms with E-state index in [0.29, 0.717) is 68.3 Å². The Kier molecular flexibility index (Phi) is 20.8. The van der Waals surface area contributed by atoms with E-state index in [1.807, 2.05) is 62.9 Å². The van der Waals surface area contributed by atoms with E-state index in [4.69, 9.17) is 24.0 Å². The first-order valence-electron chi connectivity index (χ1n) is 28.9. The molecule has 4 aliphatic rings. The van der Waals surface area contributed by atoms with Gasteiger partial charge in [0.15, 0.2) is 5.82 Å². The Morgan fingerprint density at radius 3 is 2.36 bits per heavy atom. The van der Waals surface area contributed by atoms with Crippen molar-refractivity contribution in [1.82, 2.24) is 55.6 Å². The van der Waals surface area contributed by atoms with Gasteiger partial charge in [0.05, 0.1) is 80.6 Å². The van der Waals surface area contributed by atoms with Crippen molar-refractivity contribution in [1.29, 1.82) is 0 Å². The lowest BCUT2D eigenvalue weighted by Crippen LogP contribution is -2.57. The maximum Gasteiger partial charge on any atom is 0.317 e. The summed E-state index contributed by atoms with van der Waals surface area (Å²) in [5.74, 6) is -0.875. The molecule has 5 N–H and O–H groups in total. The number of carbonyl (C=O) groups excluding carboxylic acids is 5. The number of fused-ring (bicyclic) bond motifs is 2. The number of carbonyl (C=O) groups is 5. The Morgan fingerprint density at radius 2 is 1.65 bits per heavy atom. The van der Waals surface area contributed by atoms with E-state index in [2.05, 4.69) is 36.0 Å². The predicted molar refractivity (Wildman–Crippen MR) is 310 cm³/mol. The monoisotopic (exact) mass is 1180 g/mol. The van der Waals surface area contributed by atoms with Crippen molar-refractivity contribution in [2.45, 2.75) is 123 Å². The second kappa shape index (κ2) is 28.3. The number of benzene rings is 2. The summed E-state index contributed by atoms with van der Waals surface area (Å²) in [4.78, 5) is 76.8. The predicted octanol–water partition coefficient (Wildman–Crippen LogP) is 5.61. The largest absolute Gasteiger partial charge is 0.391 e. The number of thiazole rings is 1. The molecule has 454 valence electrons.